The van der Waals surface area contributed by atoms with Gasteiger partial charge in [0, 0.05) is 5.57 Å². The van der Waals surface area contributed by atoms with Gasteiger partial charge in [-0.1, -0.05) is 6.58 Å². The van der Waals surface area contributed by atoms with Crippen molar-refractivity contribution >= 4 is 19.2 Å². The van der Waals surface area contributed by atoms with E-state index in [9.17, 15) is 14.2 Å². The van der Waals surface area contributed by atoms with Gasteiger partial charge < -0.3 is 19.1 Å². The molecule has 0 radical (unpaired) electrons. The van der Waals surface area contributed by atoms with Crippen molar-refractivity contribution in [3.8, 4) is 0 Å². The van der Waals surface area contributed by atoms with Crippen LogP contribution in [-0.4, -0.2) is 38.0 Å². The van der Waals surface area contributed by atoms with Crippen LogP contribution in [0.3, 0.4) is 0 Å². The second-order valence-electron chi connectivity index (χ2n) is 3.48. The summed E-state index contributed by atoms with van der Waals surface area (Å²) in [5.41, 5.74) is -0.580. The lowest BCUT2D eigenvalue weighted by atomic mass is 10.4. The number of ether oxygens (including phenoxy) is 1. The van der Waals surface area contributed by atoms with Gasteiger partial charge in [0.05, 0.1) is 19.8 Å². The molecule has 0 aliphatic heterocycles. The van der Waals surface area contributed by atoms with Gasteiger partial charge in [0.2, 0.25) is 0 Å². The highest BCUT2D eigenvalue weighted by molar-refractivity contribution is 7.71. The van der Waals surface area contributed by atoms with Gasteiger partial charge in [0.1, 0.15) is 6.61 Å². The van der Waals surface area contributed by atoms with E-state index in [0.29, 0.717) is 0 Å². The molecule has 7 nitrogen and oxygen atoms in total. The number of nitrogens with one attached hydrogen (secondary N) is 1. The van der Waals surface area contributed by atoms with E-state index in [-0.39, 0.29) is 31.9 Å². The van der Waals surface area contributed by atoms with Crippen LogP contribution in [0.25, 0.3) is 0 Å². The lowest BCUT2D eigenvalue weighted by molar-refractivity contribution is -0.138. The predicted octanol–water partition coefficient (Wildman–Crippen LogP) is 2.08. The average Bonchev–Trinajstić information content (AvgIpc) is 2.34. The molecular formula is C11H20NO6P. The van der Waals surface area contributed by atoms with Crippen LogP contribution in [0.1, 0.15) is 20.8 Å². The Hall–Kier alpha value is -1.17. The molecule has 0 aromatic rings. The summed E-state index contributed by atoms with van der Waals surface area (Å²) in [7, 11) is -3.80. The van der Waals surface area contributed by atoms with Crippen LogP contribution in [-0.2, 0) is 23.1 Å². The smallest absolute Gasteiger partial charge is 0.418 e. The van der Waals surface area contributed by atoms with Gasteiger partial charge in [-0.25, -0.2) is 9.36 Å². The summed E-state index contributed by atoms with van der Waals surface area (Å²) >= 11 is 0. The van der Waals surface area contributed by atoms with Crippen LogP contribution >= 0.6 is 7.60 Å². The highest BCUT2D eigenvalue weighted by Crippen LogP contribution is 2.48. The number of amides is 1. The number of hydrogen-bond acceptors (Lipinski definition) is 6. The Morgan fingerprint density at radius 3 is 2.16 bits per heavy atom. The van der Waals surface area contributed by atoms with Gasteiger partial charge >= 0.3 is 19.2 Å². The minimum atomic E-state index is -3.80. The van der Waals surface area contributed by atoms with E-state index < -0.39 is 19.2 Å². The van der Waals surface area contributed by atoms with Crippen LogP contribution < -0.4 is 5.32 Å². The van der Waals surface area contributed by atoms with Gasteiger partial charge in [-0.2, -0.15) is 0 Å². The van der Waals surface area contributed by atoms with Crippen LogP contribution in [0.15, 0.2) is 12.2 Å². The molecule has 1 amide bonds. The van der Waals surface area contributed by atoms with Gasteiger partial charge in [-0.05, 0) is 20.8 Å². The maximum atomic E-state index is 12.0. The van der Waals surface area contributed by atoms with E-state index in [1.54, 1.807) is 13.8 Å². The summed E-state index contributed by atoms with van der Waals surface area (Å²) in [6.07, 6.45) is 0. The summed E-state index contributed by atoms with van der Waals surface area (Å²) in [6.45, 7) is 8.29. The fourth-order valence-electron chi connectivity index (χ4n) is 1.02. The molecule has 0 atom stereocenters. The first-order chi connectivity index (χ1) is 8.87. The van der Waals surface area contributed by atoms with Gasteiger partial charge in [0.15, 0.2) is 0 Å². The van der Waals surface area contributed by atoms with Gasteiger partial charge in [-0.15, -0.1) is 0 Å². The van der Waals surface area contributed by atoms with Crippen LogP contribution in [0.5, 0.6) is 0 Å². The fourth-order valence-corrected chi connectivity index (χ4v) is 2.31. The third-order valence-corrected chi connectivity index (χ3v) is 3.66. The second kappa shape index (κ2) is 8.85. The van der Waals surface area contributed by atoms with Crippen molar-refractivity contribution in [3.63, 3.8) is 0 Å². The fraction of sp³-hybridized carbons (Fsp3) is 0.636. The number of rotatable bonds is 9. The summed E-state index contributed by atoms with van der Waals surface area (Å²) in [5.74, 6) is -0.549. The first-order valence-electron chi connectivity index (χ1n) is 5.87. The van der Waals surface area contributed by atoms with E-state index in [2.05, 4.69) is 11.9 Å². The Labute approximate surface area is 112 Å². The molecule has 110 valence electrons. The molecule has 1 N–H and O–H groups in total. The number of esters is 1. The quantitative estimate of drug-likeness (QED) is 0.303. The number of carbonyl (C=O) groups excluding carboxylic acids is 2. The molecule has 0 aromatic heterocycles. The zero-order valence-electron chi connectivity index (χ0n) is 11.4. The van der Waals surface area contributed by atoms with Crippen molar-refractivity contribution in [1.82, 2.24) is 5.32 Å². The van der Waals surface area contributed by atoms with Crippen molar-refractivity contribution in [2.24, 2.45) is 0 Å². The highest BCUT2D eigenvalue weighted by Gasteiger charge is 2.33. The maximum absolute atomic E-state index is 12.0. The minimum absolute atomic E-state index is 0.0159. The summed E-state index contributed by atoms with van der Waals surface area (Å²) in [5, 5.41) is 2.33. The molecule has 0 fully saturated rings. The SMILES string of the molecule is C=C(C)C(=O)OCCNC(=O)P(=O)(OCC)OCC. The van der Waals surface area contributed by atoms with Crippen molar-refractivity contribution in [2.75, 3.05) is 26.4 Å². The average molecular weight is 293 g/mol. The van der Waals surface area contributed by atoms with E-state index in [1.807, 2.05) is 0 Å². The highest BCUT2D eigenvalue weighted by atomic mass is 31.2. The van der Waals surface area contributed by atoms with Crippen LogP contribution in [0.2, 0.25) is 0 Å². The maximum Gasteiger partial charge on any atom is 0.418 e. The topological polar surface area (TPSA) is 90.9 Å². The third kappa shape index (κ3) is 6.52. The molecule has 0 aromatic carbocycles. The third-order valence-electron chi connectivity index (χ3n) is 1.81. The molecular weight excluding hydrogens is 273 g/mol. The van der Waals surface area contributed by atoms with E-state index in [1.165, 1.54) is 6.92 Å². The predicted molar refractivity (Wildman–Crippen MR) is 70.0 cm³/mol. The molecule has 0 bridgehead atoms. The molecule has 0 saturated heterocycles. The van der Waals surface area contributed by atoms with E-state index in [0.717, 1.165) is 0 Å². The molecule has 0 heterocycles. The molecule has 0 aliphatic rings. The van der Waals surface area contributed by atoms with Gasteiger partial charge in [-0.3, -0.25) is 4.79 Å². The van der Waals surface area contributed by atoms with Crippen LogP contribution in [0, 0.1) is 0 Å². The molecule has 19 heavy (non-hydrogen) atoms. The molecule has 8 heteroatoms. The number of hydrogen-bond donors (Lipinski definition) is 1. The molecule has 0 saturated carbocycles. The molecule has 0 aliphatic carbocycles. The Kier molecular flexibility index (Phi) is 8.30. The second-order valence-corrected chi connectivity index (χ2v) is 5.40. The Bertz CT molecular complexity index is 371. The van der Waals surface area contributed by atoms with Crippen molar-refractivity contribution < 1.29 is 27.9 Å². The number of carbonyl (C=O) groups is 2. The molecule has 0 spiro atoms. The zero-order valence-corrected chi connectivity index (χ0v) is 12.3. The van der Waals surface area contributed by atoms with Gasteiger partial charge in [0.25, 0.3) is 0 Å². The van der Waals surface area contributed by atoms with Crippen LogP contribution in [0.4, 0.5) is 4.79 Å². The van der Waals surface area contributed by atoms with E-state index >= 15 is 0 Å². The summed E-state index contributed by atoms with van der Waals surface area (Å²) in [4.78, 5) is 22.7. The Morgan fingerprint density at radius 1 is 1.21 bits per heavy atom. The largest absolute Gasteiger partial charge is 0.460 e. The Balaban J connectivity index is 4.18. The first-order valence-corrected chi connectivity index (χ1v) is 7.41. The van der Waals surface area contributed by atoms with Crippen molar-refractivity contribution in [1.29, 1.82) is 0 Å². The monoisotopic (exact) mass is 293 g/mol. The molecule has 0 rings (SSSR count). The standard InChI is InChI=1S/C11H20NO6P/c1-5-17-19(15,18-6-2)11(14)12-7-8-16-10(13)9(3)4/h3,5-8H2,1-2,4H3,(H,12,14). The lowest BCUT2D eigenvalue weighted by Gasteiger charge is -2.16. The summed E-state index contributed by atoms with van der Waals surface area (Å²) < 4.78 is 26.4. The Morgan fingerprint density at radius 2 is 1.74 bits per heavy atom. The first kappa shape index (κ1) is 17.8. The minimum Gasteiger partial charge on any atom is -0.460 e. The van der Waals surface area contributed by atoms with E-state index in [4.69, 9.17) is 13.8 Å². The van der Waals surface area contributed by atoms with Crippen molar-refractivity contribution in [3.05, 3.63) is 12.2 Å². The van der Waals surface area contributed by atoms with Crippen molar-refractivity contribution in [2.45, 2.75) is 20.8 Å². The molecule has 0 unspecified atom stereocenters. The summed E-state index contributed by atoms with van der Waals surface area (Å²) in [6, 6.07) is 0. The zero-order chi connectivity index (χ0) is 14.9. The normalized spacial score (nSPS) is 10.9. The lowest BCUT2D eigenvalue weighted by Crippen LogP contribution is -2.28.